The Bertz CT molecular complexity index is 736. The van der Waals surface area contributed by atoms with Gasteiger partial charge in [0.1, 0.15) is 5.76 Å². The Labute approximate surface area is 140 Å². The van der Waals surface area contributed by atoms with Gasteiger partial charge >= 0.3 is 0 Å². The van der Waals surface area contributed by atoms with E-state index in [1.807, 2.05) is 6.07 Å². The highest BCUT2D eigenvalue weighted by molar-refractivity contribution is 5.93. The molecule has 4 rings (SSSR count). The Hall–Kier alpha value is -2.44. The molecule has 1 N–H and O–H groups in total. The van der Waals surface area contributed by atoms with Crippen LogP contribution in [0.5, 0.6) is 0 Å². The SMILES string of the molecule is O=C(NCc1ccnc(N2CCCC2)n1)c1noc2c1CCCC2. The average molecular weight is 327 g/mol. The highest BCUT2D eigenvalue weighted by Crippen LogP contribution is 2.24. The van der Waals surface area contributed by atoms with Crippen molar-refractivity contribution in [3.8, 4) is 0 Å². The average Bonchev–Trinajstić information content (AvgIpc) is 3.29. The molecule has 0 bridgehead atoms. The lowest BCUT2D eigenvalue weighted by molar-refractivity contribution is 0.0940. The summed E-state index contributed by atoms with van der Waals surface area (Å²) in [7, 11) is 0. The molecule has 1 aliphatic heterocycles. The molecule has 1 fully saturated rings. The van der Waals surface area contributed by atoms with Crippen LogP contribution < -0.4 is 10.2 Å². The van der Waals surface area contributed by atoms with Gasteiger partial charge in [0.05, 0.1) is 12.2 Å². The summed E-state index contributed by atoms with van der Waals surface area (Å²) in [6.45, 7) is 2.37. The van der Waals surface area contributed by atoms with E-state index in [0.29, 0.717) is 12.2 Å². The fourth-order valence-electron chi connectivity index (χ4n) is 3.37. The van der Waals surface area contributed by atoms with Gasteiger partial charge < -0.3 is 14.7 Å². The number of hydrogen-bond donors (Lipinski definition) is 1. The molecule has 2 aliphatic rings. The van der Waals surface area contributed by atoms with Crippen molar-refractivity contribution in [2.24, 2.45) is 0 Å². The van der Waals surface area contributed by atoms with Crippen molar-refractivity contribution in [1.29, 1.82) is 0 Å². The van der Waals surface area contributed by atoms with E-state index in [0.717, 1.165) is 61.7 Å². The number of hydrogen-bond acceptors (Lipinski definition) is 6. The van der Waals surface area contributed by atoms with Crippen LogP contribution in [-0.2, 0) is 19.4 Å². The highest BCUT2D eigenvalue weighted by atomic mass is 16.5. The third-order valence-electron chi connectivity index (χ3n) is 4.68. The summed E-state index contributed by atoms with van der Waals surface area (Å²) in [6.07, 6.45) is 8.04. The zero-order valence-corrected chi connectivity index (χ0v) is 13.6. The first kappa shape index (κ1) is 15.1. The minimum Gasteiger partial charge on any atom is -0.360 e. The summed E-state index contributed by atoms with van der Waals surface area (Å²) in [4.78, 5) is 23.5. The third kappa shape index (κ3) is 2.98. The van der Waals surface area contributed by atoms with Gasteiger partial charge in [0.25, 0.3) is 5.91 Å². The first-order chi connectivity index (χ1) is 11.8. The van der Waals surface area contributed by atoms with Crippen molar-refractivity contribution in [2.75, 3.05) is 18.0 Å². The number of aromatic nitrogens is 3. The normalized spacial score (nSPS) is 16.9. The van der Waals surface area contributed by atoms with Gasteiger partial charge in [-0.25, -0.2) is 9.97 Å². The van der Waals surface area contributed by atoms with Crippen LogP contribution >= 0.6 is 0 Å². The molecular weight excluding hydrogens is 306 g/mol. The first-order valence-corrected chi connectivity index (χ1v) is 8.64. The standard InChI is InChI=1S/C17H21N5O2/c23-16(15-13-5-1-2-6-14(13)24-21-15)19-11-12-7-8-18-17(20-12)22-9-3-4-10-22/h7-8H,1-6,9-11H2,(H,19,23). The summed E-state index contributed by atoms with van der Waals surface area (Å²) < 4.78 is 5.30. The van der Waals surface area contributed by atoms with Gasteiger partial charge in [-0.1, -0.05) is 5.16 Å². The maximum Gasteiger partial charge on any atom is 0.274 e. The fourth-order valence-corrected chi connectivity index (χ4v) is 3.37. The van der Waals surface area contributed by atoms with E-state index in [9.17, 15) is 4.79 Å². The molecule has 2 aromatic rings. The largest absolute Gasteiger partial charge is 0.360 e. The van der Waals surface area contributed by atoms with E-state index in [1.165, 1.54) is 12.8 Å². The number of aryl methyl sites for hydroxylation is 1. The Kier molecular flexibility index (Phi) is 4.15. The minimum atomic E-state index is -0.191. The van der Waals surface area contributed by atoms with Crippen molar-refractivity contribution in [3.63, 3.8) is 0 Å². The molecule has 1 aliphatic carbocycles. The van der Waals surface area contributed by atoms with E-state index < -0.39 is 0 Å². The zero-order chi connectivity index (χ0) is 16.4. The smallest absolute Gasteiger partial charge is 0.274 e. The second kappa shape index (κ2) is 6.59. The minimum absolute atomic E-state index is 0.191. The van der Waals surface area contributed by atoms with E-state index >= 15 is 0 Å². The van der Waals surface area contributed by atoms with Crippen molar-refractivity contribution in [1.82, 2.24) is 20.4 Å². The van der Waals surface area contributed by atoms with Gasteiger partial charge in [0.2, 0.25) is 5.95 Å². The van der Waals surface area contributed by atoms with Crippen LogP contribution in [0.1, 0.15) is 53.2 Å². The molecule has 1 amide bonds. The molecule has 0 saturated carbocycles. The van der Waals surface area contributed by atoms with Crippen LogP contribution in [0.2, 0.25) is 0 Å². The maximum absolute atomic E-state index is 12.4. The molecule has 0 radical (unpaired) electrons. The molecule has 7 nitrogen and oxygen atoms in total. The van der Waals surface area contributed by atoms with Gasteiger partial charge in [0.15, 0.2) is 5.69 Å². The maximum atomic E-state index is 12.4. The van der Waals surface area contributed by atoms with E-state index in [-0.39, 0.29) is 5.91 Å². The zero-order valence-electron chi connectivity index (χ0n) is 13.6. The number of fused-ring (bicyclic) bond motifs is 1. The number of amides is 1. The predicted molar refractivity (Wildman–Crippen MR) is 87.8 cm³/mol. The monoisotopic (exact) mass is 327 g/mol. The Balaban J connectivity index is 1.42. The second-order valence-corrected chi connectivity index (χ2v) is 6.36. The highest BCUT2D eigenvalue weighted by Gasteiger charge is 2.24. The predicted octanol–water partition coefficient (Wildman–Crippen LogP) is 1.87. The van der Waals surface area contributed by atoms with Crippen LogP contribution in [0.15, 0.2) is 16.8 Å². The number of nitrogens with one attached hydrogen (secondary N) is 1. The van der Waals surface area contributed by atoms with Crippen molar-refractivity contribution in [3.05, 3.63) is 35.0 Å². The van der Waals surface area contributed by atoms with Gasteiger partial charge in [-0.05, 0) is 38.2 Å². The topological polar surface area (TPSA) is 84.2 Å². The van der Waals surface area contributed by atoms with Crippen LogP contribution in [0.4, 0.5) is 5.95 Å². The molecular formula is C17H21N5O2. The second-order valence-electron chi connectivity index (χ2n) is 6.36. The summed E-state index contributed by atoms with van der Waals surface area (Å²) >= 11 is 0. The Morgan fingerprint density at radius 3 is 2.92 bits per heavy atom. The molecule has 126 valence electrons. The first-order valence-electron chi connectivity index (χ1n) is 8.64. The van der Waals surface area contributed by atoms with E-state index in [4.69, 9.17) is 4.52 Å². The van der Waals surface area contributed by atoms with E-state index in [2.05, 4.69) is 25.3 Å². The molecule has 24 heavy (non-hydrogen) atoms. The summed E-state index contributed by atoms with van der Waals surface area (Å²) in [5.41, 5.74) is 2.20. The number of carbonyl (C=O) groups excluding carboxylic acids is 1. The van der Waals surface area contributed by atoms with Crippen molar-refractivity contribution in [2.45, 2.75) is 45.1 Å². The number of carbonyl (C=O) groups is 1. The molecule has 0 unspecified atom stereocenters. The van der Waals surface area contributed by atoms with Gasteiger partial charge in [-0.15, -0.1) is 0 Å². The number of anilines is 1. The number of rotatable bonds is 4. The van der Waals surface area contributed by atoms with Crippen molar-refractivity contribution >= 4 is 11.9 Å². The summed E-state index contributed by atoms with van der Waals surface area (Å²) in [6, 6.07) is 1.83. The lowest BCUT2D eigenvalue weighted by Crippen LogP contribution is -2.26. The van der Waals surface area contributed by atoms with Gasteiger partial charge in [-0.3, -0.25) is 4.79 Å². The van der Waals surface area contributed by atoms with Gasteiger partial charge in [-0.2, -0.15) is 0 Å². The molecule has 0 atom stereocenters. The molecule has 2 aromatic heterocycles. The van der Waals surface area contributed by atoms with Crippen molar-refractivity contribution < 1.29 is 9.32 Å². The fraction of sp³-hybridized carbons (Fsp3) is 0.529. The lowest BCUT2D eigenvalue weighted by atomic mass is 9.96. The molecule has 0 aromatic carbocycles. The van der Waals surface area contributed by atoms with Crippen LogP contribution in [-0.4, -0.2) is 34.1 Å². The Morgan fingerprint density at radius 1 is 1.21 bits per heavy atom. The lowest BCUT2D eigenvalue weighted by Gasteiger charge is -2.15. The van der Waals surface area contributed by atoms with Crippen LogP contribution in [0.3, 0.4) is 0 Å². The third-order valence-corrected chi connectivity index (χ3v) is 4.68. The summed E-state index contributed by atoms with van der Waals surface area (Å²) in [5, 5.41) is 6.86. The number of nitrogens with zero attached hydrogens (tertiary/aromatic N) is 4. The quantitative estimate of drug-likeness (QED) is 0.923. The molecule has 0 spiro atoms. The van der Waals surface area contributed by atoms with Crippen LogP contribution in [0.25, 0.3) is 0 Å². The van der Waals surface area contributed by atoms with Gasteiger partial charge in [0, 0.05) is 31.3 Å². The Morgan fingerprint density at radius 2 is 2.04 bits per heavy atom. The van der Waals surface area contributed by atoms with Crippen LogP contribution in [0, 0.1) is 0 Å². The van der Waals surface area contributed by atoms with E-state index in [1.54, 1.807) is 6.20 Å². The molecule has 3 heterocycles. The summed E-state index contributed by atoms with van der Waals surface area (Å²) in [5.74, 6) is 1.42. The molecule has 1 saturated heterocycles. The molecule has 7 heteroatoms.